The second-order valence-corrected chi connectivity index (χ2v) is 5.67. The maximum atomic E-state index is 11.6. The van der Waals surface area contributed by atoms with Crippen LogP contribution >= 0.6 is 0 Å². The lowest BCUT2D eigenvalue weighted by Gasteiger charge is -2.34. The van der Waals surface area contributed by atoms with Crippen molar-refractivity contribution in [1.82, 2.24) is 15.5 Å². The highest BCUT2D eigenvalue weighted by Crippen LogP contribution is 2.25. The van der Waals surface area contributed by atoms with E-state index in [4.69, 9.17) is 0 Å². The molecule has 0 saturated carbocycles. The van der Waals surface area contributed by atoms with Gasteiger partial charge >= 0.3 is 0 Å². The number of amides is 1. The molecule has 2 aliphatic rings. The number of carbonyl (C=O) groups is 1. The van der Waals surface area contributed by atoms with Crippen molar-refractivity contribution < 1.29 is 4.79 Å². The Morgan fingerprint density at radius 2 is 2.11 bits per heavy atom. The first-order valence-corrected chi connectivity index (χ1v) is 7.52. The van der Waals surface area contributed by atoms with Gasteiger partial charge in [0.2, 0.25) is 5.91 Å². The molecule has 0 bridgehead atoms. The zero-order valence-electron chi connectivity index (χ0n) is 11.6. The Balaban J connectivity index is 1.65. The van der Waals surface area contributed by atoms with Gasteiger partial charge in [-0.05, 0) is 57.7 Å². The van der Waals surface area contributed by atoms with E-state index >= 15 is 0 Å². The molecule has 2 aliphatic heterocycles. The summed E-state index contributed by atoms with van der Waals surface area (Å²) in [5.74, 6) is 1.02. The number of likely N-dealkylation sites (tertiary alicyclic amines) is 1. The molecule has 4 heteroatoms. The number of piperidine rings is 1. The summed E-state index contributed by atoms with van der Waals surface area (Å²) in [6, 6.07) is 0.751. The predicted molar refractivity (Wildman–Crippen MR) is 73.5 cm³/mol. The maximum Gasteiger partial charge on any atom is 0.234 e. The molecule has 1 unspecified atom stereocenters. The van der Waals surface area contributed by atoms with E-state index in [1.165, 1.54) is 32.2 Å². The highest BCUT2D eigenvalue weighted by atomic mass is 16.2. The van der Waals surface area contributed by atoms with Crippen LogP contribution < -0.4 is 10.6 Å². The van der Waals surface area contributed by atoms with Crippen molar-refractivity contribution in [3.63, 3.8) is 0 Å². The van der Waals surface area contributed by atoms with Crippen LogP contribution in [0.5, 0.6) is 0 Å². The van der Waals surface area contributed by atoms with Crippen molar-refractivity contribution in [1.29, 1.82) is 0 Å². The molecule has 0 spiro atoms. The van der Waals surface area contributed by atoms with Crippen LogP contribution in [0.25, 0.3) is 0 Å². The van der Waals surface area contributed by atoms with E-state index < -0.39 is 0 Å². The molecule has 2 rings (SSSR count). The minimum absolute atomic E-state index is 0.189. The van der Waals surface area contributed by atoms with Crippen LogP contribution in [0.1, 0.15) is 39.0 Å². The zero-order valence-corrected chi connectivity index (χ0v) is 11.6. The fraction of sp³-hybridized carbons (Fsp3) is 0.929. The molecule has 1 atom stereocenters. The average Bonchev–Trinajstić information content (AvgIpc) is 2.91. The van der Waals surface area contributed by atoms with E-state index in [0.29, 0.717) is 6.54 Å². The van der Waals surface area contributed by atoms with Crippen LogP contribution in [-0.2, 0) is 4.79 Å². The van der Waals surface area contributed by atoms with E-state index in [1.807, 2.05) is 0 Å². The van der Waals surface area contributed by atoms with Crippen molar-refractivity contribution in [3.05, 3.63) is 0 Å². The van der Waals surface area contributed by atoms with Gasteiger partial charge < -0.3 is 10.6 Å². The smallest absolute Gasteiger partial charge is 0.234 e. The monoisotopic (exact) mass is 253 g/mol. The molecule has 0 aromatic rings. The lowest BCUT2D eigenvalue weighted by molar-refractivity contribution is -0.122. The van der Waals surface area contributed by atoms with Gasteiger partial charge in [-0.15, -0.1) is 0 Å². The summed E-state index contributed by atoms with van der Waals surface area (Å²) in [6.07, 6.45) is 6.20. The van der Waals surface area contributed by atoms with Crippen LogP contribution in [0.3, 0.4) is 0 Å². The standard InChI is InChI=1S/C14H27N3O/c1-2-7-16-14(18)11-17-9-5-12(6-10-17)13-4-3-8-15-13/h12-13,15H,2-11H2,1H3,(H,16,18). The van der Waals surface area contributed by atoms with E-state index in [-0.39, 0.29) is 5.91 Å². The third-order valence-electron chi connectivity index (χ3n) is 4.24. The minimum atomic E-state index is 0.189. The molecule has 2 fully saturated rings. The van der Waals surface area contributed by atoms with E-state index in [9.17, 15) is 4.79 Å². The fourth-order valence-electron chi connectivity index (χ4n) is 3.15. The first-order chi connectivity index (χ1) is 8.79. The van der Waals surface area contributed by atoms with Crippen LogP contribution in [0.15, 0.2) is 0 Å². The third-order valence-corrected chi connectivity index (χ3v) is 4.24. The molecule has 2 saturated heterocycles. The van der Waals surface area contributed by atoms with Crippen LogP contribution in [0.4, 0.5) is 0 Å². The van der Waals surface area contributed by atoms with Gasteiger partial charge in [-0.3, -0.25) is 9.69 Å². The summed E-state index contributed by atoms with van der Waals surface area (Å²) in [7, 11) is 0. The average molecular weight is 253 g/mol. The number of hydrogen-bond donors (Lipinski definition) is 2. The summed E-state index contributed by atoms with van der Waals surface area (Å²) in [4.78, 5) is 13.9. The molecule has 104 valence electrons. The largest absolute Gasteiger partial charge is 0.355 e. The van der Waals surface area contributed by atoms with Gasteiger partial charge in [-0.2, -0.15) is 0 Å². The molecule has 1 amide bonds. The second-order valence-electron chi connectivity index (χ2n) is 5.67. The molecule has 2 heterocycles. The number of nitrogens with one attached hydrogen (secondary N) is 2. The van der Waals surface area contributed by atoms with E-state index in [1.54, 1.807) is 0 Å². The first kappa shape index (κ1) is 13.8. The molecular formula is C14H27N3O. The number of carbonyl (C=O) groups excluding carboxylic acids is 1. The maximum absolute atomic E-state index is 11.6. The van der Waals surface area contributed by atoms with Crippen molar-refractivity contribution >= 4 is 5.91 Å². The van der Waals surface area contributed by atoms with Crippen LogP contribution in [0, 0.1) is 5.92 Å². The highest BCUT2D eigenvalue weighted by Gasteiger charge is 2.28. The summed E-state index contributed by atoms with van der Waals surface area (Å²) in [5, 5.41) is 6.57. The molecule has 4 nitrogen and oxygen atoms in total. The van der Waals surface area contributed by atoms with Gasteiger partial charge in [0.15, 0.2) is 0 Å². The lowest BCUT2D eigenvalue weighted by Crippen LogP contribution is -2.44. The molecule has 0 aliphatic carbocycles. The molecular weight excluding hydrogens is 226 g/mol. The quantitative estimate of drug-likeness (QED) is 0.767. The SMILES string of the molecule is CCCNC(=O)CN1CCC(C2CCCN2)CC1. The van der Waals surface area contributed by atoms with Crippen molar-refractivity contribution in [2.45, 2.75) is 45.1 Å². The number of rotatable bonds is 5. The molecule has 2 N–H and O–H groups in total. The van der Waals surface area contributed by atoms with Crippen molar-refractivity contribution in [2.24, 2.45) is 5.92 Å². The highest BCUT2D eigenvalue weighted by molar-refractivity contribution is 5.77. The molecule has 0 aromatic heterocycles. The Kier molecular flexibility index (Phi) is 5.45. The normalized spacial score (nSPS) is 26.4. The lowest BCUT2D eigenvalue weighted by atomic mass is 9.88. The Labute approximate surface area is 110 Å². The van der Waals surface area contributed by atoms with Gasteiger partial charge in [0.25, 0.3) is 0 Å². The Morgan fingerprint density at radius 3 is 2.72 bits per heavy atom. The molecule has 0 aromatic carbocycles. The van der Waals surface area contributed by atoms with Gasteiger partial charge in [-0.25, -0.2) is 0 Å². The second kappa shape index (κ2) is 7.10. The number of hydrogen-bond acceptors (Lipinski definition) is 3. The predicted octanol–water partition coefficient (Wildman–Crippen LogP) is 0.977. The zero-order chi connectivity index (χ0) is 12.8. The topological polar surface area (TPSA) is 44.4 Å². The third kappa shape index (κ3) is 3.95. The number of nitrogens with zero attached hydrogens (tertiary/aromatic N) is 1. The van der Waals surface area contributed by atoms with Crippen LogP contribution in [-0.4, -0.2) is 49.6 Å². The summed E-state index contributed by atoms with van der Waals surface area (Å²) in [5.41, 5.74) is 0. The summed E-state index contributed by atoms with van der Waals surface area (Å²) in [6.45, 7) is 6.85. The van der Waals surface area contributed by atoms with Crippen LogP contribution in [0.2, 0.25) is 0 Å². The summed E-state index contributed by atoms with van der Waals surface area (Å²) < 4.78 is 0. The van der Waals surface area contributed by atoms with Gasteiger partial charge in [0, 0.05) is 12.6 Å². The Bertz CT molecular complexity index is 256. The van der Waals surface area contributed by atoms with E-state index in [2.05, 4.69) is 22.5 Å². The van der Waals surface area contributed by atoms with Crippen molar-refractivity contribution in [3.8, 4) is 0 Å². The fourth-order valence-corrected chi connectivity index (χ4v) is 3.15. The minimum Gasteiger partial charge on any atom is -0.355 e. The Morgan fingerprint density at radius 1 is 1.33 bits per heavy atom. The van der Waals surface area contributed by atoms with Gasteiger partial charge in [-0.1, -0.05) is 6.92 Å². The van der Waals surface area contributed by atoms with Gasteiger partial charge in [0.1, 0.15) is 0 Å². The van der Waals surface area contributed by atoms with Crippen molar-refractivity contribution in [2.75, 3.05) is 32.7 Å². The van der Waals surface area contributed by atoms with Gasteiger partial charge in [0.05, 0.1) is 6.54 Å². The molecule has 0 radical (unpaired) electrons. The Hall–Kier alpha value is -0.610. The summed E-state index contributed by atoms with van der Waals surface area (Å²) >= 11 is 0. The molecule has 18 heavy (non-hydrogen) atoms. The van der Waals surface area contributed by atoms with E-state index in [0.717, 1.165) is 38.0 Å². The first-order valence-electron chi connectivity index (χ1n) is 7.52.